The topological polar surface area (TPSA) is 156 Å². The van der Waals surface area contributed by atoms with Crippen molar-refractivity contribution < 1.29 is 34.3 Å². The molecule has 0 saturated heterocycles. The number of carbonyl (C=O) groups is 3. The van der Waals surface area contributed by atoms with Crippen molar-refractivity contribution in [2.45, 2.75) is 26.4 Å². The summed E-state index contributed by atoms with van der Waals surface area (Å²) >= 11 is 0. The molecular weight excluding hydrogens is 432 g/mol. The molecule has 0 radical (unpaired) electrons. The standard InChI is InChI=1S/C23H20N2O8/c1-12(2)3-10-19(33-23(30)24-13-4-6-14(7-5-13)25(31)32)15-11-18(28)20-16(26)8-9-17(27)21(20)22(15)29/h3-9,11,19,26-27H,10H2,1-2H3,(H,24,30). The van der Waals surface area contributed by atoms with E-state index in [1.54, 1.807) is 19.9 Å². The second kappa shape index (κ2) is 9.35. The van der Waals surface area contributed by atoms with E-state index < -0.39 is 40.2 Å². The zero-order valence-electron chi connectivity index (χ0n) is 17.7. The number of carbonyl (C=O) groups excluding carboxylic acids is 3. The lowest BCUT2D eigenvalue weighted by atomic mass is 9.85. The van der Waals surface area contributed by atoms with Crippen LogP contribution >= 0.6 is 0 Å². The molecule has 3 rings (SSSR count). The normalized spacial score (nSPS) is 13.5. The fraction of sp³-hybridized carbons (Fsp3) is 0.174. The van der Waals surface area contributed by atoms with Crippen molar-refractivity contribution in [2.24, 2.45) is 0 Å². The van der Waals surface area contributed by atoms with Crippen LogP contribution in [0.25, 0.3) is 0 Å². The number of hydrogen-bond acceptors (Lipinski definition) is 8. The number of hydrogen-bond donors (Lipinski definition) is 3. The number of fused-ring (bicyclic) bond motifs is 1. The maximum absolute atomic E-state index is 13.1. The number of allylic oxidation sites excluding steroid dienone is 2. The Morgan fingerprint density at radius 2 is 1.70 bits per heavy atom. The highest BCUT2D eigenvalue weighted by Gasteiger charge is 2.35. The lowest BCUT2D eigenvalue weighted by Gasteiger charge is -2.23. The number of amides is 1. The third kappa shape index (κ3) is 5.06. The summed E-state index contributed by atoms with van der Waals surface area (Å²) in [4.78, 5) is 48.3. The molecule has 10 heteroatoms. The van der Waals surface area contributed by atoms with E-state index in [1.165, 1.54) is 24.3 Å². The number of nitro groups is 1. The molecule has 33 heavy (non-hydrogen) atoms. The molecule has 0 bridgehead atoms. The Balaban J connectivity index is 1.88. The molecule has 1 aliphatic rings. The molecule has 1 unspecified atom stereocenters. The minimum Gasteiger partial charge on any atom is -0.507 e. The van der Waals surface area contributed by atoms with Gasteiger partial charge in [-0.05, 0) is 44.2 Å². The number of ketones is 2. The molecule has 0 saturated carbocycles. The molecule has 1 atom stereocenters. The molecule has 0 heterocycles. The van der Waals surface area contributed by atoms with Gasteiger partial charge in [-0.2, -0.15) is 0 Å². The second-order valence-electron chi connectivity index (χ2n) is 7.49. The molecule has 0 aromatic heterocycles. The van der Waals surface area contributed by atoms with E-state index in [1.807, 2.05) is 0 Å². The van der Waals surface area contributed by atoms with E-state index in [4.69, 9.17) is 4.74 Å². The maximum atomic E-state index is 13.1. The van der Waals surface area contributed by atoms with E-state index in [-0.39, 0.29) is 34.5 Å². The number of Topliss-reactive ketones (excluding diaryl/α,β-unsaturated/α-hetero) is 1. The average Bonchev–Trinajstić information content (AvgIpc) is 2.75. The van der Waals surface area contributed by atoms with Gasteiger partial charge in [0, 0.05) is 29.8 Å². The number of benzene rings is 2. The Morgan fingerprint density at radius 1 is 1.09 bits per heavy atom. The Labute approximate surface area is 188 Å². The first kappa shape index (κ1) is 23.2. The maximum Gasteiger partial charge on any atom is 0.412 e. The van der Waals surface area contributed by atoms with E-state index in [0.717, 1.165) is 23.8 Å². The van der Waals surface area contributed by atoms with Crippen molar-refractivity contribution in [3.63, 3.8) is 0 Å². The van der Waals surface area contributed by atoms with Gasteiger partial charge < -0.3 is 14.9 Å². The molecular formula is C23H20N2O8. The van der Waals surface area contributed by atoms with Crippen LogP contribution in [0, 0.1) is 10.1 Å². The Kier molecular flexibility index (Phi) is 6.57. The zero-order valence-corrected chi connectivity index (χ0v) is 17.7. The first-order valence-electron chi connectivity index (χ1n) is 9.79. The van der Waals surface area contributed by atoms with E-state index >= 15 is 0 Å². The van der Waals surface area contributed by atoms with Crippen molar-refractivity contribution >= 4 is 29.0 Å². The van der Waals surface area contributed by atoms with Crippen LogP contribution in [0.15, 0.2) is 59.7 Å². The van der Waals surface area contributed by atoms with Crippen molar-refractivity contribution in [3.05, 3.63) is 80.9 Å². The fourth-order valence-corrected chi connectivity index (χ4v) is 3.25. The molecule has 1 aliphatic carbocycles. The number of rotatable bonds is 6. The molecule has 0 fully saturated rings. The lowest BCUT2D eigenvalue weighted by molar-refractivity contribution is -0.384. The van der Waals surface area contributed by atoms with E-state index in [0.29, 0.717) is 0 Å². The lowest BCUT2D eigenvalue weighted by Crippen LogP contribution is -2.30. The summed E-state index contributed by atoms with van der Waals surface area (Å²) < 4.78 is 5.41. The summed E-state index contributed by atoms with van der Waals surface area (Å²) in [7, 11) is 0. The van der Waals surface area contributed by atoms with Gasteiger partial charge in [0.05, 0.1) is 16.1 Å². The van der Waals surface area contributed by atoms with Crippen LogP contribution in [0.4, 0.5) is 16.2 Å². The van der Waals surface area contributed by atoms with Crippen molar-refractivity contribution in [1.82, 2.24) is 0 Å². The molecule has 2 aromatic rings. The zero-order chi connectivity index (χ0) is 24.3. The predicted octanol–water partition coefficient (Wildman–Crippen LogP) is 4.29. The quantitative estimate of drug-likeness (QED) is 0.254. The van der Waals surface area contributed by atoms with Gasteiger partial charge >= 0.3 is 6.09 Å². The van der Waals surface area contributed by atoms with Gasteiger partial charge in [-0.1, -0.05) is 11.6 Å². The summed E-state index contributed by atoms with van der Waals surface area (Å²) in [5.74, 6) is -2.40. The summed E-state index contributed by atoms with van der Waals surface area (Å²) in [5, 5.41) is 33.3. The van der Waals surface area contributed by atoms with Crippen LogP contribution in [0.1, 0.15) is 41.0 Å². The number of ether oxygens (including phenoxy) is 1. The number of nitrogens with zero attached hydrogens (tertiary/aromatic N) is 1. The highest BCUT2D eigenvalue weighted by molar-refractivity contribution is 6.27. The Bertz CT molecular complexity index is 1210. The third-order valence-electron chi connectivity index (χ3n) is 4.84. The molecule has 3 N–H and O–H groups in total. The molecule has 0 aliphatic heterocycles. The minimum atomic E-state index is -1.18. The molecule has 0 spiro atoms. The van der Waals surface area contributed by atoms with Crippen LogP contribution < -0.4 is 5.32 Å². The summed E-state index contributed by atoms with van der Waals surface area (Å²) in [6.07, 6.45) is 0.620. The predicted molar refractivity (Wildman–Crippen MR) is 118 cm³/mol. The van der Waals surface area contributed by atoms with Crippen molar-refractivity contribution in [1.29, 1.82) is 0 Å². The summed E-state index contributed by atoms with van der Waals surface area (Å²) in [6, 6.07) is 7.23. The summed E-state index contributed by atoms with van der Waals surface area (Å²) in [5.41, 5.74) is 0.0902. The van der Waals surface area contributed by atoms with Crippen LogP contribution in [0.3, 0.4) is 0 Å². The molecule has 1 amide bonds. The number of phenolic OH excluding ortho intramolecular Hbond substituents is 2. The average molecular weight is 452 g/mol. The van der Waals surface area contributed by atoms with Gasteiger partial charge in [-0.15, -0.1) is 0 Å². The first-order chi connectivity index (χ1) is 15.6. The van der Waals surface area contributed by atoms with Gasteiger partial charge in [0.15, 0.2) is 11.6 Å². The van der Waals surface area contributed by atoms with Gasteiger partial charge in [-0.25, -0.2) is 4.79 Å². The van der Waals surface area contributed by atoms with Gasteiger partial charge in [-0.3, -0.25) is 25.0 Å². The van der Waals surface area contributed by atoms with Gasteiger partial charge in [0.2, 0.25) is 0 Å². The van der Waals surface area contributed by atoms with E-state index in [2.05, 4.69) is 5.32 Å². The Morgan fingerprint density at radius 3 is 2.27 bits per heavy atom. The number of aromatic hydroxyl groups is 2. The smallest absolute Gasteiger partial charge is 0.412 e. The summed E-state index contributed by atoms with van der Waals surface area (Å²) in [6.45, 7) is 3.60. The molecule has 170 valence electrons. The van der Waals surface area contributed by atoms with Crippen LogP contribution in [-0.2, 0) is 4.74 Å². The number of phenols is 2. The Hall–Kier alpha value is -4.47. The van der Waals surface area contributed by atoms with Crippen molar-refractivity contribution in [3.8, 4) is 11.5 Å². The van der Waals surface area contributed by atoms with E-state index in [9.17, 15) is 34.7 Å². The number of nitrogens with one attached hydrogen (secondary N) is 1. The van der Waals surface area contributed by atoms with Gasteiger partial charge in [0.25, 0.3) is 5.69 Å². The largest absolute Gasteiger partial charge is 0.507 e. The van der Waals surface area contributed by atoms with Crippen molar-refractivity contribution in [2.75, 3.05) is 5.32 Å². The SMILES string of the molecule is CC(C)=CCC(OC(=O)Nc1ccc([N+](=O)[O-])cc1)C1=CC(=O)c2c(O)ccc(O)c2C1=O. The third-order valence-corrected chi connectivity index (χ3v) is 4.84. The second-order valence-corrected chi connectivity index (χ2v) is 7.49. The number of anilines is 1. The monoisotopic (exact) mass is 452 g/mol. The molecule has 10 nitrogen and oxygen atoms in total. The first-order valence-corrected chi connectivity index (χ1v) is 9.79. The van der Waals surface area contributed by atoms with Crippen LogP contribution in [0.5, 0.6) is 11.5 Å². The van der Waals surface area contributed by atoms with Crippen LogP contribution in [-0.4, -0.2) is 38.9 Å². The molecule has 2 aromatic carbocycles. The fourth-order valence-electron chi connectivity index (χ4n) is 3.25. The minimum absolute atomic E-state index is 0.0653. The van der Waals surface area contributed by atoms with Crippen LogP contribution in [0.2, 0.25) is 0 Å². The highest BCUT2D eigenvalue weighted by atomic mass is 16.6. The number of non-ortho nitro benzene ring substituents is 1. The number of nitro benzene ring substituents is 1. The highest BCUT2D eigenvalue weighted by Crippen LogP contribution is 2.36. The van der Waals surface area contributed by atoms with Gasteiger partial charge in [0.1, 0.15) is 17.6 Å².